The smallest absolute Gasteiger partial charge is 0.270 e. The van der Waals surface area contributed by atoms with Crippen LogP contribution in [0.5, 0.6) is 0 Å². The van der Waals surface area contributed by atoms with Gasteiger partial charge in [-0.1, -0.05) is 18.5 Å². The van der Waals surface area contributed by atoms with E-state index >= 15 is 0 Å². The first kappa shape index (κ1) is 20.7. The number of anilines is 2. The highest BCUT2D eigenvalue weighted by atomic mass is 35.5. The van der Waals surface area contributed by atoms with Crippen molar-refractivity contribution >= 4 is 40.0 Å². The molecule has 1 atom stereocenters. The Bertz CT molecular complexity index is 1000. The molecule has 158 valence electrons. The van der Waals surface area contributed by atoms with Gasteiger partial charge in [-0.05, 0) is 68.6 Å². The topological polar surface area (TPSA) is 70.4 Å². The molecule has 3 heterocycles. The predicted octanol–water partition coefficient (Wildman–Crippen LogP) is 5.08. The molecule has 1 aliphatic heterocycles. The fourth-order valence-electron chi connectivity index (χ4n) is 3.93. The minimum absolute atomic E-state index is 0.195. The van der Waals surface area contributed by atoms with E-state index < -0.39 is 0 Å². The largest absolute Gasteiger partial charge is 0.464 e. The number of hydrogen-bond donors (Lipinski definition) is 2. The number of likely N-dealkylation sites (tertiary alicyclic amines) is 1. The third-order valence-corrected chi connectivity index (χ3v) is 5.72. The van der Waals surface area contributed by atoms with Gasteiger partial charge in [-0.25, -0.2) is 4.98 Å². The molecule has 0 bridgehead atoms. The summed E-state index contributed by atoms with van der Waals surface area (Å²) in [6, 6.07) is 10.9. The lowest BCUT2D eigenvalue weighted by Crippen LogP contribution is -2.36. The maximum absolute atomic E-state index is 12.7. The minimum Gasteiger partial charge on any atom is -0.464 e. The average molecular weight is 427 g/mol. The van der Waals surface area contributed by atoms with Gasteiger partial charge in [-0.15, -0.1) is 0 Å². The first-order valence-corrected chi connectivity index (χ1v) is 10.9. The lowest BCUT2D eigenvalue weighted by atomic mass is 10.0. The number of pyridine rings is 1. The number of piperidine rings is 1. The van der Waals surface area contributed by atoms with E-state index in [1.165, 1.54) is 12.8 Å². The van der Waals surface area contributed by atoms with Crippen LogP contribution in [0.4, 0.5) is 11.5 Å². The van der Waals surface area contributed by atoms with Gasteiger partial charge in [0.1, 0.15) is 17.1 Å². The van der Waals surface area contributed by atoms with E-state index in [9.17, 15) is 4.79 Å². The molecule has 1 fully saturated rings. The van der Waals surface area contributed by atoms with Crippen molar-refractivity contribution in [2.24, 2.45) is 5.92 Å². The van der Waals surface area contributed by atoms with Crippen LogP contribution in [0, 0.1) is 5.92 Å². The maximum Gasteiger partial charge on any atom is 0.270 e. The Morgan fingerprint density at radius 2 is 2.13 bits per heavy atom. The summed E-state index contributed by atoms with van der Waals surface area (Å²) in [6.45, 7) is 6.26. The molecule has 2 N–H and O–H groups in total. The number of aromatic nitrogens is 1. The number of fused-ring (bicyclic) bond motifs is 1. The zero-order valence-electron chi connectivity index (χ0n) is 17.2. The van der Waals surface area contributed by atoms with Gasteiger partial charge in [-0.2, -0.15) is 0 Å². The Hall–Kier alpha value is -2.57. The van der Waals surface area contributed by atoms with Gasteiger partial charge in [0.15, 0.2) is 0 Å². The lowest BCUT2D eigenvalue weighted by molar-refractivity contribution is 0.0945. The highest BCUT2D eigenvalue weighted by molar-refractivity contribution is 6.30. The normalized spacial score (nSPS) is 17.2. The fraction of sp³-hybridized carbons (Fsp3) is 0.391. The van der Waals surface area contributed by atoms with Crippen LogP contribution in [-0.4, -0.2) is 42.0 Å². The van der Waals surface area contributed by atoms with Crippen LogP contribution < -0.4 is 10.6 Å². The molecule has 0 radical (unpaired) electrons. The molecule has 0 saturated carbocycles. The Kier molecular flexibility index (Phi) is 6.55. The third-order valence-electron chi connectivity index (χ3n) is 5.47. The molecule has 7 heteroatoms. The molecule has 0 unspecified atom stereocenters. The van der Waals surface area contributed by atoms with Crippen LogP contribution in [0.2, 0.25) is 5.02 Å². The summed E-state index contributed by atoms with van der Waals surface area (Å²) >= 11 is 5.96. The molecule has 1 aromatic carbocycles. The number of halogens is 1. The summed E-state index contributed by atoms with van der Waals surface area (Å²) in [5, 5.41) is 7.72. The third kappa shape index (κ3) is 5.12. The Labute approximate surface area is 181 Å². The number of furan rings is 1. The van der Waals surface area contributed by atoms with E-state index in [1.54, 1.807) is 24.5 Å². The standard InChI is InChI=1S/C23H27ClN4O2/c1-16-4-2-11-28(15-16)12-3-10-25-23(29)20-14-21-19(9-13-30-21)22(27-20)26-18-7-5-17(24)6-8-18/h5-9,13-14,16H,2-4,10-12,15H2,1H3,(H,25,29)(H,26,27)/t16-/m0/s1. The first-order chi connectivity index (χ1) is 14.6. The van der Waals surface area contributed by atoms with Crippen molar-refractivity contribution in [3.05, 3.63) is 53.4 Å². The number of amides is 1. The number of benzene rings is 1. The molecule has 4 rings (SSSR count). The molecule has 6 nitrogen and oxygen atoms in total. The van der Waals surface area contributed by atoms with Crippen molar-refractivity contribution in [3.8, 4) is 0 Å². The average Bonchev–Trinajstić information content (AvgIpc) is 3.22. The van der Waals surface area contributed by atoms with Crippen molar-refractivity contribution in [1.29, 1.82) is 0 Å². The van der Waals surface area contributed by atoms with Crippen LogP contribution in [0.25, 0.3) is 11.0 Å². The molecular formula is C23H27ClN4O2. The van der Waals surface area contributed by atoms with Gasteiger partial charge >= 0.3 is 0 Å². The summed E-state index contributed by atoms with van der Waals surface area (Å²) in [4.78, 5) is 19.7. The van der Waals surface area contributed by atoms with E-state index in [-0.39, 0.29) is 5.91 Å². The van der Waals surface area contributed by atoms with E-state index in [2.05, 4.69) is 27.4 Å². The molecule has 1 amide bonds. The predicted molar refractivity (Wildman–Crippen MR) is 121 cm³/mol. The zero-order chi connectivity index (χ0) is 20.9. The summed E-state index contributed by atoms with van der Waals surface area (Å²) < 4.78 is 5.53. The van der Waals surface area contributed by atoms with Gasteiger partial charge in [0.25, 0.3) is 5.91 Å². The molecule has 0 aliphatic carbocycles. The van der Waals surface area contributed by atoms with Gasteiger partial charge in [0, 0.05) is 29.9 Å². The van der Waals surface area contributed by atoms with Gasteiger partial charge < -0.3 is 20.0 Å². The van der Waals surface area contributed by atoms with E-state index in [4.69, 9.17) is 16.0 Å². The zero-order valence-corrected chi connectivity index (χ0v) is 17.9. The number of nitrogens with zero attached hydrogens (tertiary/aromatic N) is 2. The molecule has 1 aliphatic rings. The van der Waals surface area contributed by atoms with Crippen molar-refractivity contribution in [2.75, 3.05) is 31.5 Å². The summed E-state index contributed by atoms with van der Waals surface area (Å²) in [5.74, 6) is 1.15. The van der Waals surface area contributed by atoms with Crippen molar-refractivity contribution in [3.63, 3.8) is 0 Å². The second-order valence-electron chi connectivity index (χ2n) is 7.98. The highest BCUT2D eigenvalue weighted by Crippen LogP contribution is 2.27. The molecule has 30 heavy (non-hydrogen) atoms. The fourth-order valence-corrected chi connectivity index (χ4v) is 4.06. The highest BCUT2D eigenvalue weighted by Gasteiger charge is 2.17. The number of rotatable bonds is 7. The number of hydrogen-bond acceptors (Lipinski definition) is 5. The van der Waals surface area contributed by atoms with Crippen LogP contribution in [-0.2, 0) is 0 Å². The first-order valence-electron chi connectivity index (χ1n) is 10.5. The van der Waals surface area contributed by atoms with Crippen molar-refractivity contribution in [2.45, 2.75) is 26.2 Å². The monoisotopic (exact) mass is 426 g/mol. The van der Waals surface area contributed by atoms with Crippen molar-refractivity contribution in [1.82, 2.24) is 15.2 Å². The maximum atomic E-state index is 12.7. The number of carbonyl (C=O) groups excluding carboxylic acids is 1. The molecule has 3 aromatic rings. The Balaban J connectivity index is 1.39. The summed E-state index contributed by atoms with van der Waals surface area (Å²) in [5.41, 5.74) is 1.79. The summed E-state index contributed by atoms with van der Waals surface area (Å²) in [7, 11) is 0. The minimum atomic E-state index is -0.195. The van der Waals surface area contributed by atoms with Crippen molar-refractivity contribution < 1.29 is 9.21 Å². The van der Waals surface area contributed by atoms with Crippen LogP contribution in [0.1, 0.15) is 36.7 Å². The van der Waals surface area contributed by atoms with E-state index in [0.717, 1.165) is 43.0 Å². The van der Waals surface area contributed by atoms with Crippen LogP contribution in [0.15, 0.2) is 47.1 Å². The second kappa shape index (κ2) is 9.49. The molecule has 1 saturated heterocycles. The SMILES string of the molecule is C[C@H]1CCCN(CCCNC(=O)c2cc3occc3c(Nc3ccc(Cl)cc3)n2)C1. The van der Waals surface area contributed by atoms with Crippen LogP contribution >= 0.6 is 11.6 Å². The van der Waals surface area contributed by atoms with E-state index in [0.29, 0.717) is 28.7 Å². The lowest BCUT2D eigenvalue weighted by Gasteiger charge is -2.30. The number of nitrogens with one attached hydrogen (secondary N) is 2. The van der Waals surface area contributed by atoms with Gasteiger partial charge in [-0.3, -0.25) is 4.79 Å². The molecule has 2 aromatic heterocycles. The Morgan fingerprint density at radius 1 is 1.30 bits per heavy atom. The Morgan fingerprint density at radius 3 is 2.93 bits per heavy atom. The summed E-state index contributed by atoms with van der Waals surface area (Å²) in [6.07, 6.45) is 5.11. The van der Waals surface area contributed by atoms with Gasteiger partial charge in [0.05, 0.1) is 11.6 Å². The molecule has 0 spiro atoms. The van der Waals surface area contributed by atoms with E-state index in [1.807, 2.05) is 18.2 Å². The van der Waals surface area contributed by atoms with Gasteiger partial charge in [0.2, 0.25) is 0 Å². The quantitative estimate of drug-likeness (QED) is 0.516. The van der Waals surface area contributed by atoms with Crippen LogP contribution in [0.3, 0.4) is 0 Å². The number of carbonyl (C=O) groups is 1. The molecular weight excluding hydrogens is 400 g/mol. The second-order valence-corrected chi connectivity index (χ2v) is 8.41.